The highest BCUT2D eigenvalue weighted by Gasteiger charge is 2.23. The van der Waals surface area contributed by atoms with Gasteiger partial charge in [-0.2, -0.15) is 0 Å². The van der Waals surface area contributed by atoms with Gasteiger partial charge >= 0.3 is 0 Å². The van der Waals surface area contributed by atoms with E-state index in [-0.39, 0.29) is 22.4 Å². The molecule has 31 heavy (non-hydrogen) atoms. The molecule has 0 aliphatic heterocycles. The minimum absolute atomic E-state index is 0.0224. The zero-order chi connectivity index (χ0) is 22.8. The van der Waals surface area contributed by atoms with Gasteiger partial charge in [-0.25, -0.2) is 12.8 Å². The Morgan fingerprint density at radius 1 is 0.968 bits per heavy atom. The fourth-order valence-electron chi connectivity index (χ4n) is 3.14. The standard InChI is InChI=1S/C24H25FN2O3S/c1-16-8-9-19(14-17(16)2)18(3)26-24(28)20-6-5-7-23(15-20)31(29,30)27(4)22-12-10-21(25)11-13-22/h5-15,18H,1-4H3,(H,26,28). The van der Waals surface area contributed by atoms with Crippen molar-refractivity contribution in [3.63, 3.8) is 0 Å². The van der Waals surface area contributed by atoms with Crippen LogP contribution in [0.1, 0.15) is 40.0 Å². The smallest absolute Gasteiger partial charge is 0.264 e. The van der Waals surface area contributed by atoms with E-state index in [0.29, 0.717) is 5.69 Å². The van der Waals surface area contributed by atoms with Crippen LogP contribution in [0, 0.1) is 19.7 Å². The number of carbonyl (C=O) groups excluding carboxylic acids is 1. The first-order chi connectivity index (χ1) is 14.6. The fourth-order valence-corrected chi connectivity index (χ4v) is 4.38. The van der Waals surface area contributed by atoms with Crippen molar-refractivity contribution < 1.29 is 17.6 Å². The van der Waals surface area contributed by atoms with E-state index < -0.39 is 15.8 Å². The Morgan fingerprint density at radius 2 is 1.65 bits per heavy atom. The van der Waals surface area contributed by atoms with Gasteiger partial charge in [0.05, 0.1) is 16.6 Å². The summed E-state index contributed by atoms with van der Waals surface area (Å²) >= 11 is 0. The minimum atomic E-state index is -3.92. The Bertz CT molecular complexity index is 1210. The van der Waals surface area contributed by atoms with Crippen LogP contribution < -0.4 is 9.62 Å². The van der Waals surface area contributed by atoms with Gasteiger partial charge in [-0.15, -0.1) is 0 Å². The second-order valence-electron chi connectivity index (χ2n) is 7.52. The number of hydrogen-bond acceptors (Lipinski definition) is 3. The predicted molar refractivity (Wildman–Crippen MR) is 120 cm³/mol. The second-order valence-corrected chi connectivity index (χ2v) is 9.48. The van der Waals surface area contributed by atoms with Gasteiger partial charge in [0.2, 0.25) is 0 Å². The van der Waals surface area contributed by atoms with Crippen LogP contribution in [0.2, 0.25) is 0 Å². The Hall–Kier alpha value is -3.19. The summed E-state index contributed by atoms with van der Waals surface area (Å²) in [4.78, 5) is 12.8. The number of aryl methyl sites for hydroxylation is 2. The maximum absolute atomic E-state index is 13.2. The van der Waals surface area contributed by atoms with E-state index in [4.69, 9.17) is 0 Å². The van der Waals surface area contributed by atoms with E-state index in [2.05, 4.69) is 5.32 Å². The number of amides is 1. The lowest BCUT2D eigenvalue weighted by atomic mass is 10.0. The molecule has 1 unspecified atom stereocenters. The number of benzene rings is 3. The summed E-state index contributed by atoms with van der Waals surface area (Å²) in [5.74, 6) is -0.821. The van der Waals surface area contributed by atoms with E-state index in [1.54, 1.807) is 6.07 Å². The summed E-state index contributed by atoms with van der Waals surface area (Å²) < 4.78 is 40.2. The number of carbonyl (C=O) groups is 1. The van der Waals surface area contributed by atoms with Crippen molar-refractivity contribution >= 4 is 21.6 Å². The first-order valence-electron chi connectivity index (χ1n) is 9.82. The highest BCUT2D eigenvalue weighted by atomic mass is 32.2. The van der Waals surface area contributed by atoms with Crippen LogP contribution in [-0.4, -0.2) is 21.4 Å². The molecule has 7 heteroatoms. The Kier molecular flexibility index (Phi) is 6.45. The summed E-state index contributed by atoms with van der Waals surface area (Å²) in [5.41, 5.74) is 3.83. The monoisotopic (exact) mass is 440 g/mol. The molecule has 0 heterocycles. The zero-order valence-corrected chi connectivity index (χ0v) is 18.7. The number of hydrogen-bond donors (Lipinski definition) is 1. The van der Waals surface area contributed by atoms with Crippen molar-refractivity contribution in [3.8, 4) is 0 Å². The first kappa shape index (κ1) is 22.5. The molecule has 0 aromatic heterocycles. The average molecular weight is 441 g/mol. The molecule has 5 nitrogen and oxygen atoms in total. The molecule has 0 spiro atoms. The fraction of sp³-hybridized carbons (Fsp3) is 0.208. The van der Waals surface area contributed by atoms with Gasteiger partial charge in [0, 0.05) is 12.6 Å². The van der Waals surface area contributed by atoms with Crippen LogP contribution in [0.15, 0.2) is 71.6 Å². The van der Waals surface area contributed by atoms with E-state index in [0.717, 1.165) is 15.4 Å². The largest absolute Gasteiger partial charge is 0.346 e. The summed E-state index contributed by atoms with van der Waals surface area (Å²) in [5, 5.41) is 2.92. The molecule has 1 N–H and O–H groups in total. The van der Waals surface area contributed by atoms with Crippen molar-refractivity contribution in [1.29, 1.82) is 0 Å². The molecule has 3 aromatic rings. The first-order valence-corrected chi connectivity index (χ1v) is 11.3. The number of nitrogens with zero attached hydrogens (tertiary/aromatic N) is 1. The van der Waals surface area contributed by atoms with Gasteiger partial charge in [-0.05, 0) is 79.9 Å². The van der Waals surface area contributed by atoms with Gasteiger partial charge in [-0.1, -0.05) is 24.3 Å². The molecule has 0 saturated carbocycles. The SMILES string of the molecule is Cc1ccc(C(C)NC(=O)c2cccc(S(=O)(=O)N(C)c3ccc(F)cc3)c2)cc1C. The maximum Gasteiger partial charge on any atom is 0.264 e. The third-order valence-corrected chi connectivity index (χ3v) is 7.10. The van der Waals surface area contributed by atoms with Crippen molar-refractivity contribution in [2.24, 2.45) is 0 Å². The molecule has 1 atom stereocenters. The van der Waals surface area contributed by atoms with Gasteiger partial charge < -0.3 is 5.32 Å². The van der Waals surface area contributed by atoms with E-state index in [1.807, 2.05) is 39.0 Å². The van der Waals surface area contributed by atoms with Crippen LogP contribution in [0.3, 0.4) is 0 Å². The number of rotatable bonds is 6. The zero-order valence-electron chi connectivity index (χ0n) is 17.9. The van der Waals surface area contributed by atoms with Gasteiger partial charge in [0.1, 0.15) is 5.82 Å². The minimum Gasteiger partial charge on any atom is -0.346 e. The van der Waals surface area contributed by atoms with Gasteiger partial charge in [-0.3, -0.25) is 9.10 Å². The Labute approximate surface area is 182 Å². The summed E-state index contributed by atoms with van der Waals surface area (Å²) in [6.07, 6.45) is 0. The molecule has 0 radical (unpaired) electrons. The van der Waals surface area contributed by atoms with Gasteiger partial charge in [0.25, 0.3) is 15.9 Å². The van der Waals surface area contributed by atoms with Crippen LogP contribution in [0.25, 0.3) is 0 Å². The van der Waals surface area contributed by atoms with Crippen molar-refractivity contribution in [2.75, 3.05) is 11.4 Å². The van der Waals surface area contributed by atoms with E-state index >= 15 is 0 Å². The molecule has 0 saturated heterocycles. The van der Waals surface area contributed by atoms with Crippen LogP contribution in [-0.2, 0) is 10.0 Å². The molecular weight excluding hydrogens is 415 g/mol. The molecule has 162 valence electrons. The number of nitrogens with one attached hydrogen (secondary N) is 1. The number of sulfonamides is 1. The molecule has 0 bridgehead atoms. The lowest BCUT2D eigenvalue weighted by molar-refractivity contribution is 0.0939. The molecular formula is C24H25FN2O3S. The van der Waals surface area contributed by atoms with Crippen LogP contribution in [0.5, 0.6) is 0 Å². The van der Waals surface area contributed by atoms with E-state index in [9.17, 15) is 17.6 Å². The van der Waals surface area contributed by atoms with E-state index in [1.165, 1.54) is 55.1 Å². The van der Waals surface area contributed by atoms with Crippen molar-refractivity contribution in [3.05, 3.63) is 94.8 Å². The molecule has 3 rings (SSSR count). The highest BCUT2D eigenvalue weighted by Crippen LogP contribution is 2.23. The predicted octanol–water partition coefficient (Wildman–Crippen LogP) is 4.76. The topological polar surface area (TPSA) is 66.5 Å². The summed E-state index contributed by atoms with van der Waals surface area (Å²) in [6, 6.07) is 16.8. The quantitative estimate of drug-likeness (QED) is 0.601. The van der Waals surface area contributed by atoms with Crippen LogP contribution >= 0.6 is 0 Å². The van der Waals surface area contributed by atoms with Crippen molar-refractivity contribution in [1.82, 2.24) is 5.32 Å². The second kappa shape index (κ2) is 8.89. The third kappa shape index (κ3) is 4.94. The van der Waals surface area contributed by atoms with Crippen molar-refractivity contribution in [2.45, 2.75) is 31.7 Å². The third-order valence-electron chi connectivity index (χ3n) is 5.32. The average Bonchev–Trinajstić information content (AvgIpc) is 2.75. The molecule has 0 aliphatic rings. The normalized spacial score (nSPS) is 12.3. The van der Waals surface area contributed by atoms with Crippen LogP contribution in [0.4, 0.5) is 10.1 Å². The lowest BCUT2D eigenvalue weighted by Crippen LogP contribution is -2.28. The molecule has 0 fully saturated rings. The Morgan fingerprint density at radius 3 is 2.29 bits per heavy atom. The molecule has 1 amide bonds. The Balaban J connectivity index is 1.82. The number of halogens is 1. The highest BCUT2D eigenvalue weighted by molar-refractivity contribution is 7.92. The molecule has 3 aromatic carbocycles. The summed E-state index contributed by atoms with van der Waals surface area (Å²) in [6.45, 7) is 5.92. The maximum atomic E-state index is 13.2. The summed E-state index contributed by atoms with van der Waals surface area (Å²) in [7, 11) is -2.54. The van der Waals surface area contributed by atoms with Gasteiger partial charge in [0.15, 0.2) is 0 Å². The molecule has 0 aliphatic carbocycles. The lowest BCUT2D eigenvalue weighted by Gasteiger charge is -2.20. The number of anilines is 1.